The van der Waals surface area contributed by atoms with Gasteiger partial charge in [-0.05, 0) is 0 Å². The van der Waals surface area contributed by atoms with Crippen LogP contribution in [0.15, 0.2) is 97.1 Å². The number of hydrogen-bond acceptors (Lipinski definition) is 0. The van der Waals surface area contributed by atoms with E-state index in [1.807, 2.05) is 0 Å². The number of benzene rings is 4. The molecule has 2 aliphatic rings. The molecule has 0 radical (unpaired) electrons. The van der Waals surface area contributed by atoms with Gasteiger partial charge in [0.15, 0.2) is 0 Å². The molecule has 0 atom stereocenters. The van der Waals surface area contributed by atoms with E-state index in [1.165, 1.54) is 44.5 Å². The van der Waals surface area contributed by atoms with Crippen molar-refractivity contribution in [2.45, 2.75) is 8.45 Å². The Morgan fingerprint density at radius 1 is 0.433 bits per heavy atom. The molecule has 4 aromatic rings. The second-order valence-corrected chi connectivity index (χ2v) is 11.4. The molecule has 0 nitrogen and oxygen atoms in total. The van der Waals surface area contributed by atoms with Gasteiger partial charge in [-0.25, -0.2) is 0 Å². The van der Waals surface area contributed by atoms with Crippen molar-refractivity contribution in [1.29, 1.82) is 0 Å². The van der Waals surface area contributed by atoms with Gasteiger partial charge in [0.2, 0.25) is 0 Å². The molecule has 146 valence electrons. The van der Waals surface area contributed by atoms with Gasteiger partial charge in [0.25, 0.3) is 0 Å². The Labute approximate surface area is 196 Å². The van der Waals surface area contributed by atoms with Crippen LogP contribution in [0.2, 0.25) is 0 Å². The molecule has 2 aliphatic carbocycles. The Morgan fingerprint density at radius 3 is 0.933 bits per heavy atom. The molecular formula is C27H20Cl2Ti. The van der Waals surface area contributed by atoms with Gasteiger partial charge in [0.1, 0.15) is 0 Å². The zero-order valence-corrected chi connectivity index (χ0v) is 19.4. The van der Waals surface area contributed by atoms with Crippen LogP contribution in [0.4, 0.5) is 0 Å². The molecule has 4 aromatic carbocycles. The van der Waals surface area contributed by atoms with E-state index in [-0.39, 0.29) is 24.8 Å². The molecule has 0 heterocycles. The molecule has 0 unspecified atom stereocenters. The van der Waals surface area contributed by atoms with Crippen molar-refractivity contribution in [3.63, 3.8) is 0 Å². The van der Waals surface area contributed by atoms with Crippen molar-refractivity contribution in [1.82, 2.24) is 0 Å². The van der Waals surface area contributed by atoms with Crippen LogP contribution in [0, 0.1) is 0 Å². The van der Waals surface area contributed by atoms with Crippen LogP contribution in [0.3, 0.4) is 0 Å². The van der Waals surface area contributed by atoms with E-state index < -0.39 is 17.4 Å². The largest absolute Gasteiger partial charge is 1.00 e. The molecule has 0 N–H and O–H groups in total. The van der Waals surface area contributed by atoms with E-state index in [0.29, 0.717) is 8.45 Å². The quantitative estimate of drug-likeness (QED) is 0.382. The zero-order chi connectivity index (χ0) is 18.7. The van der Waals surface area contributed by atoms with E-state index in [1.54, 1.807) is 0 Å². The van der Waals surface area contributed by atoms with Crippen molar-refractivity contribution in [3.05, 3.63) is 119 Å². The van der Waals surface area contributed by atoms with Gasteiger partial charge in [-0.3, -0.25) is 0 Å². The minimum absolute atomic E-state index is 0. The third-order valence-corrected chi connectivity index (χ3v) is 10.7. The molecule has 0 amide bonds. The van der Waals surface area contributed by atoms with Crippen molar-refractivity contribution >= 4 is 4.82 Å². The van der Waals surface area contributed by atoms with Crippen LogP contribution in [0.5, 0.6) is 0 Å². The Hall–Kier alpha value is -1.96. The number of halogens is 2. The van der Waals surface area contributed by atoms with E-state index in [9.17, 15) is 0 Å². The fourth-order valence-corrected chi connectivity index (χ4v) is 9.86. The second-order valence-electron chi connectivity index (χ2n) is 7.79. The minimum Gasteiger partial charge on any atom is -1.00 e. The number of fused-ring (bicyclic) bond motifs is 6. The van der Waals surface area contributed by atoms with E-state index in [0.717, 1.165) is 0 Å². The standard InChI is InChI=1S/2C13H9.CH2.2ClH.Ti/c2*1-3-7-12-10(5-1)9-11-6-2-4-8-13(11)12;;;;/h2*1-9H;1H2;2*1H;/q;;;;;+2/p-2. The first-order valence-electron chi connectivity index (χ1n) is 9.90. The molecule has 3 heteroatoms. The zero-order valence-electron chi connectivity index (χ0n) is 16.4. The van der Waals surface area contributed by atoms with E-state index in [4.69, 9.17) is 4.82 Å². The third-order valence-electron chi connectivity index (χ3n) is 6.41. The van der Waals surface area contributed by atoms with Gasteiger partial charge >= 0.3 is 172 Å². The summed E-state index contributed by atoms with van der Waals surface area (Å²) in [6.07, 6.45) is 0. The van der Waals surface area contributed by atoms with Crippen LogP contribution in [-0.2, 0) is 17.4 Å². The summed E-state index contributed by atoms with van der Waals surface area (Å²) in [5.41, 5.74) is 11.6. The predicted molar refractivity (Wildman–Crippen MR) is 115 cm³/mol. The molecule has 6 rings (SSSR count). The molecule has 0 fully saturated rings. The maximum absolute atomic E-state index is 4.96. The Balaban J connectivity index is 0.00000109. The molecule has 0 bridgehead atoms. The first kappa shape index (κ1) is 21.3. The third kappa shape index (κ3) is 2.98. The van der Waals surface area contributed by atoms with Crippen LogP contribution in [-0.4, -0.2) is 4.82 Å². The fraction of sp³-hybridized carbons (Fsp3) is 0.0741. The van der Waals surface area contributed by atoms with Gasteiger partial charge < -0.3 is 24.8 Å². The van der Waals surface area contributed by atoms with Crippen molar-refractivity contribution in [2.75, 3.05) is 0 Å². The van der Waals surface area contributed by atoms with Crippen molar-refractivity contribution in [2.24, 2.45) is 0 Å². The SMILES string of the molecule is [CH2]=[Ti+2]([CH]1c2ccccc2-c2ccccc21)[CH]1c2ccccc2-c2ccccc21.[Cl-].[Cl-]. The maximum Gasteiger partial charge on any atom is -1.00 e. The average Bonchev–Trinajstić information content (AvgIpc) is 3.27. The summed E-state index contributed by atoms with van der Waals surface area (Å²) >= 11 is -1.85. The molecule has 0 saturated carbocycles. The molecule has 0 aliphatic heterocycles. The minimum atomic E-state index is -1.85. The van der Waals surface area contributed by atoms with Gasteiger partial charge in [-0.15, -0.1) is 0 Å². The van der Waals surface area contributed by atoms with Crippen LogP contribution >= 0.6 is 0 Å². The summed E-state index contributed by atoms with van der Waals surface area (Å²) in [4.78, 5) is 4.96. The fourth-order valence-electron chi connectivity index (χ4n) is 5.28. The Morgan fingerprint density at radius 2 is 0.667 bits per heavy atom. The first-order chi connectivity index (χ1) is 13.8. The molecule has 0 saturated heterocycles. The van der Waals surface area contributed by atoms with Gasteiger partial charge in [-0.2, -0.15) is 0 Å². The van der Waals surface area contributed by atoms with Crippen LogP contribution < -0.4 is 24.8 Å². The topological polar surface area (TPSA) is 0 Å². The average molecular weight is 463 g/mol. The summed E-state index contributed by atoms with van der Waals surface area (Å²) in [5.74, 6) is 0. The predicted octanol–water partition coefficient (Wildman–Crippen LogP) is 0.585. The molecule has 30 heavy (non-hydrogen) atoms. The monoisotopic (exact) mass is 462 g/mol. The van der Waals surface area contributed by atoms with Crippen molar-refractivity contribution in [3.8, 4) is 22.3 Å². The summed E-state index contributed by atoms with van der Waals surface area (Å²) in [5, 5.41) is 0. The van der Waals surface area contributed by atoms with Gasteiger partial charge in [-0.1, -0.05) is 0 Å². The number of rotatable bonds is 2. The normalized spacial score (nSPS) is 13.0. The summed E-state index contributed by atoms with van der Waals surface area (Å²) in [7, 11) is 0. The summed E-state index contributed by atoms with van der Waals surface area (Å²) < 4.78 is 0.966. The van der Waals surface area contributed by atoms with E-state index in [2.05, 4.69) is 97.1 Å². The first-order valence-corrected chi connectivity index (χ1v) is 12.8. The maximum atomic E-state index is 4.96. The smallest absolute Gasteiger partial charge is 1.00 e. The van der Waals surface area contributed by atoms with Gasteiger partial charge in [0, 0.05) is 0 Å². The second kappa shape index (κ2) is 8.29. The molecular weight excluding hydrogens is 443 g/mol. The van der Waals surface area contributed by atoms with Crippen LogP contribution in [0.25, 0.3) is 22.3 Å². The van der Waals surface area contributed by atoms with Crippen molar-refractivity contribution < 1.29 is 42.2 Å². The Bertz CT molecular complexity index is 1070. The summed E-state index contributed by atoms with van der Waals surface area (Å²) in [6, 6.07) is 36.0. The van der Waals surface area contributed by atoms with Gasteiger partial charge in [0.05, 0.1) is 0 Å². The van der Waals surface area contributed by atoms with Crippen LogP contribution in [0.1, 0.15) is 30.7 Å². The number of hydrogen-bond donors (Lipinski definition) is 0. The van der Waals surface area contributed by atoms with E-state index >= 15 is 0 Å². The molecule has 0 spiro atoms. The molecule has 0 aromatic heterocycles. The Kier molecular flexibility index (Phi) is 5.88. The summed E-state index contributed by atoms with van der Waals surface area (Å²) in [6.45, 7) is 0.